The first-order valence-corrected chi connectivity index (χ1v) is 21.0. The molecule has 0 radical (unpaired) electrons. The Kier molecular flexibility index (Phi) is 18.7. The first kappa shape index (κ1) is 47.6. The van der Waals surface area contributed by atoms with Crippen LogP contribution in [0.4, 0.5) is 0 Å². The maximum Gasteiger partial charge on any atom is 0.325 e. The third-order valence-corrected chi connectivity index (χ3v) is 11.0. The number of morpholine rings is 1. The number of aliphatic hydroxyl groups is 1. The Hall–Kier alpha value is -5.12. The summed E-state index contributed by atoms with van der Waals surface area (Å²) in [5, 5.41) is 28.6. The van der Waals surface area contributed by atoms with Crippen LogP contribution in [-0.4, -0.2) is 119 Å². The number of nitrogens with one attached hydrogen (secondary N) is 3. The molecule has 0 spiro atoms. The largest absolute Gasteiger partial charge is 0.508 e. The van der Waals surface area contributed by atoms with Crippen LogP contribution in [0.1, 0.15) is 78.7 Å². The van der Waals surface area contributed by atoms with Gasteiger partial charge < -0.3 is 40.0 Å². The summed E-state index contributed by atoms with van der Waals surface area (Å²) >= 11 is 0. The molecule has 15 nitrogen and oxygen atoms in total. The Morgan fingerprint density at radius 2 is 1.70 bits per heavy atom. The fourth-order valence-electron chi connectivity index (χ4n) is 7.31. The molecule has 15 heteroatoms. The zero-order valence-electron chi connectivity index (χ0n) is 35.5. The SMILES string of the molecule is CC(=O)CC[C@H]1C(=O)N[C@@H](C(C)C)C(=O)N[C@@H](Cc2cccc(O)c2)C(=O)N2CCCC(N2)C(=O)O[C@H](/C(C)=C/C=C/C(=O)N2CCOCC2)C/C=C/C=C/C[C@H](C)[C@H]1O. The van der Waals surface area contributed by atoms with E-state index >= 15 is 0 Å². The molecule has 2 saturated heterocycles. The van der Waals surface area contributed by atoms with Gasteiger partial charge in [-0.1, -0.05) is 69.4 Å². The number of phenolic OH excluding ortho intramolecular Hbond substituents is 1. The Morgan fingerprint density at radius 3 is 2.38 bits per heavy atom. The van der Waals surface area contributed by atoms with Crippen LogP contribution >= 0.6 is 0 Å². The van der Waals surface area contributed by atoms with Crippen LogP contribution in [0, 0.1) is 17.8 Å². The number of rotatable bonds is 9. The van der Waals surface area contributed by atoms with E-state index in [1.807, 2.05) is 12.2 Å². The van der Waals surface area contributed by atoms with E-state index in [-0.39, 0.29) is 43.2 Å². The quantitative estimate of drug-likeness (QED) is 0.139. The molecule has 4 rings (SSSR count). The smallest absolute Gasteiger partial charge is 0.325 e. The molecule has 60 heavy (non-hydrogen) atoms. The van der Waals surface area contributed by atoms with Gasteiger partial charge >= 0.3 is 5.97 Å². The van der Waals surface area contributed by atoms with Crippen LogP contribution in [-0.2, 0) is 44.7 Å². The topological polar surface area (TPSA) is 204 Å². The van der Waals surface area contributed by atoms with Crippen LogP contribution in [0.25, 0.3) is 0 Å². The molecule has 328 valence electrons. The maximum atomic E-state index is 14.3. The molecule has 5 N–H and O–H groups in total. The molecule has 0 saturated carbocycles. The van der Waals surface area contributed by atoms with Gasteiger partial charge in [0.2, 0.25) is 17.7 Å². The number of carbonyl (C=O) groups excluding carboxylic acids is 6. The fourth-order valence-corrected chi connectivity index (χ4v) is 7.31. The lowest BCUT2D eigenvalue weighted by Gasteiger charge is -2.36. The van der Waals surface area contributed by atoms with Crippen molar-refractivity contribution < 1.29 is 48.5 Å². The van der Waals surface area contributed by atoms with Crippen molar-refractivity contribution in [3.63, 3.8) is 0 Å². The number of benzene rings is 1. The van der Waals surface area contributed by atoms with Gasteiger partial charge in [-0.2, -0.15) is 0 Å². The molecule has 3 aliphatic rings. The second-order valence-corrected chi connectivity index (χ2v) is 16.3. The average molecular weight is 834 g/mol. The predicted octanol–water partition coefficient (Wildman–Crippen LogP) is 3.22. The van der Waals surface area contributed by atoms with E-state index < -0.39 is 71.8 Å². The van der Waals surface area contributed by atoms with Crippen molar-refractivity contribution in [3.8, 4) is 5.75 Å². The standard InChI is InChI=1S/C45H63N5O10/c1-29(2)40-43(56)46-37(28-33-15-11-16-34(52)27-33)44(57)50-22-12-17-36(48-50)45(58)60-38(30(3)14-10-19-39(53)49-23-25-59-26-24-49)18-9-7-6-8-13-31(4)41(54)35(42(55)47-40)21-20-32(5)51/h6-11,14-16,19,27,29,31,35-38,40-41,48,52,54H,12-13,17-18,20-26,28H2,1-5H3,(H,46,56)(H,47,55)/b8-6+,9-7+,19-10+,30-14+/t31-,35+,36?,37-,38-,40-,41+/m0/s1. The second-order valence-electron chi connectivity index (χ2n) is 16.3. The van der Waals surface area contributed by atoms with Gasteiger partial charge in [0.15, 0.2) is 0 Å². The Bertz CT molecular complexity index is 1780. The Balaban J connectivity index is 1.67. The van der Waals surface area contributed by atoms with Crippen LogP contribution in [0.15, 0.2) is 72.4 Å². The number of allylic oxidation sites excluding steroid dienone is 5. The van der Waals surface area contributed by atoms with Crippen LogP contribution < -0.4 is 16.1 Å². The van der Waals surface area contributed by atoms with E-state index in [2.05, 4.69) is 16.1 Å². The van der Waals surface area contributed by atoms with Crippen LogP contribution in [0.2, 0.25) is 0 Å². The summed E-state index contributed by atoms with van der Waals surface area (Å²) in [5.41, 5.74) is 4.27. The highest BCUT2D eigenvalue weighted by Crippen LogP contribution is 2.24. The highest BCUT2D eigenvalue weighted by atomic mass is 16.5. The maximum absolute atomic E-state index is 14.3. The number of hydrazine groups is 1. The van der Waals surface area contributed by atoms with E-state index in [9.17, 15) is 39.0 Å². The third kappa shape index (κ3) is 14.6. The van der Waals surface area contributed by atoms with Gasteiger partial charge in [0.05, 0.1) is 25.2 Å². The number of amides is 4. The van der Waals surface area contributed by atoms with Gasteiger partial charge in [-0.15, -0.1) is 0 Å². The molecule has 7 atom stereocenters. The van der Waals surface area contributed by atoms with Crippen molar-refractivity contribution in [2.45, 2.75) is 110 Å². The second kappa shape index (κ2) is 23.6. The number of hydrogen-bond acceptors (Lipinski definition) is 11. The zero-order chi connectivity index (χ0) is 43.8. The molecule has 1 unspecified atom stereocenters. The lowest BCUT2D eigenvalue weighted by molar-refractivity contribution is -0.156. The molecule has 0 aliphatic carbocycles. The number of esters is 1. The first-order chi connectivity index (χ1) is 28.6. The predicted molar refractivity (Wildman–Crippen MR) is 225 cm³/mol. The molecule has 3 heterocycles. The minimum absolute atomic E-state index is 0.0179. The number of hydrogen-bond donors (Lipinski definition) is 5. The highest BCUT2D eigenvalue weighted by molar-refractivity contribution is 5.93. The summed E-state index contributed by atoms with van der Waals surface area (Å²) in [6.07, 6.45) is 11.9. The normalized spacial score (nSPS) is 28.2. The van der Waals surface area contributed by atoms with Crippen LogP contribution in [0.5, 0.6) is 5.75 Å². The molecule has 2 fully saturated rings. The van der Waals surface area contributed by atoms with E-state index in [0.29, 0.717) is 63.1 Å². The monoisotopic (exact) mass is 833 g/mol. The summed E-state index contributed by atoms with van der Waals surface area (Å²) in [6.45, 7) is 10.7. The third-order valence-electron chi connectivity index (χ3n) is 11.0. The van der Waals surface area contributed by atoms with Gasteiger partial charge in [0.25, 0.3) is 5.91 Å². The van der Waals surface area contributed by atoms with E-state index in [4.69, 9.17) is 9.47 Å². The van der Waals surface area contributed by atoms with Crippen LogP contribution in [0.3, 0.4) is 0 Å². The fraction of sp³-hybridized carbons (Fsp3) is 0.556. The van der Waals surface area contributed by atoms with Gasteiger partial charge in [-0.3, -0.25) is 29.0 Å². The Labute approximate surface area is 353 Å². The van der Waals surface area contributed by atoms with Gasteiger partial charge in [0, 0.05) is 45.0 Å². The molecule has 1 aromatic rings. The van der Waals surface area contributed by atoms with Crippen molar-refractivity contribution in [1.82, 2.24) is 26.0 Å². The minimum Gasteiger partial charge on any atom is -0.508 e. The van der Waals surface area contributed by atoms with Crippen molar-refractivity contribution >= 4 is 35.4 Å². The minimum atomic E-state index is -1.18. The summed E-state index contributed by atoms with van der Waals surface area (Å²) in [7, 11) is 0. The molecule has 0 aromatic heterocycles. The van der Waals surface area contributed by atoms with Gasteiger partial charge in [-0.25, -0.2) is 5.43 Å². The van der Waals surface area contributed by atoms with Gasteiger partial charge in [-0.05, 0) is 74.6 Å². The highest BCUT2D eigenvalue weighted by Gasteiger charge is 2.38. The number of carbonyl (C=O) groups is 6. The number of ketones is 1. The summed E-state index contributed by atoms with van der Waals surface area (Å²) in [5.74, 6) is -4.50. The van der Waals surface area contributed by atoms with E-state index in [1.54, 1.807) is 69.0 Å². The molecule has 1 aromatic carbocycles. The zero-order valence-corrected chi connectivity index (χ0v) is 35.5. The lowest BCUT2D eigenvalue weighted by Crippen LogP contribution is -2.62. The van der Waals surface area contributed by atoms with E-state index in [1.165, 1.54) is 30.1 Å². The van der Waals surface area contributed by atoms with E-state index in [0.717, 1.165) is 0 Å². The summed E-state index contributed by atoms with van der Waals surface area (Å²) in [4.78, 5) is 82.6. The first-order valence-electron chi connectivity index (χ1n) is 21.0. The van der Waals surface area contributed by atoms with Crippen molar-refractivity contribution in [1.29, 1.82) is 0 Å². The number of phenols is 1. The number of Topliss-reactive ketones (excluding diaryl/α,β-unsaturated/α-hetero) is 1. The average Bonchev–Trinajstić information content (AvgIpc) is 3.22. The molecule has 4 amide bonds. The number of aliphatic hydroxyl groups excluding tert-OH is 1. The summed E-state index contributed by atoms with van der Waals surface area (Å²) < 4.78 is 11.4. The lowest BCUT2D eigenvalue weighted by atomic mass is 9.85. The number of cyclic esters (lactones) is 1. The Morgan fingerprint density at radius 1 is 0.983 bits per heavy atom. The molecule has 3 aliphatic heterocycles. The molecular weight excluding hydrogens is 771 g/mol. The summed E-state index contributed by atoms with van der Waals surface area (Å²) in [6, 6.07) is 3.13. The van der Waals surface area contributed by atoms with Crippen molar-refractivity contribution in [3.05, 3.63) is 77.9 Å². The number of nitrogens with zero attached hydrogens (tertiary/aromatic N) is 2. The van der Waals surface area contributed by atoms with Crippen molar-refractivity contribution in [2.24, 2.45) is 17.8 Å². The molecular formula is C45H63N5O10. The number of aromatic hydroxyl groups is 1. The van der Waals surface area contributed by atoms with Gasteiger partial charge in [0.1, 0.15) is 35.8 Å². The number of ether oxygens (including phenoxy) is 2. The number of fused-ring (bicyclic) bond motifs is 2. The molecule has 2 bridgehead atoms. The van der Waals surface area contributed by atoms with Crippen molar-refractivity contribution in [2.75, 3.05) is 32.8 Å².